The first-order valence-corrected chi connectivity index (χ1v) is 5.68. The predicted octanol–water partition coefficient (Wildman–Crippen LogP) is 3.09. The number of aromatic amines is 1. The maximum absolute atomic E-state index is 13.0. The number of hydrogen-bond donors (Lipinski definition) is 2. The van der Waals surface area contributed by atoms with Gasteiger partial charge in [0, 0.05) is 12.1 Å². The molecule has 6 heteroatoms. The zero-order chi connectivity index (χ0) is 11.7. The van der Waals surface area contributed by atoms with Crippen LogP contribution in [0.2, 0.25) is 5.02 Å². The molecule has 1 aromatic carbocycles. The number of rotatable bonds is 2. The summed E-state index contributed by atoms with van der Waals surface area (Å²) in [6, 6.07) is 4.45. The number of H-pyrrole nitrogens is 1. The summed E-state index contributed by atoms with van der Waals surface area (Å²) in [5.41, 5.74) is 7.70. The molecule has 3 nitrogen and oxygen atoms in total. The highest BCUT2D eigenvalue weighted by Gasteiger charge is 2.12. The molecule has 84 valence electrons. The van der Waals surface area contributed by atoms with Crippen LogP contribution in [0.1, 0.15) is 5.69 Å². The monoisotopic (exact) mass is 303 g/mol. The van der Waals surface area contributed by atoms with Crippen molar-refractivity contribution in [2.75, 3.05) is 0 Å². The van der Waals surface area contributed by atoms with Crippen molar-refractivity contribution in [2.45, 2.75) is 6.54 Å². The number of nitrogens with two attached hydrogens (primary N) is 1. The molecule has 0 unspecified atom stereocenters. The number of hydrogen-bond acceptors (Lipinski definition) is 2. The highest BCUT2D eigenvalue weighted by atomic mass is 79.9. The summed E-state index contributed by atoms with van der Waals surface area (Å²) in [5.74, 6) is -0.448. The minimum atomic E-state index is -0.448. The van der Waals surface area contributed by atoms with Crippen molar-refractivity contribution < 1.29 is 4.39 Å². The van der Waals surface area contributed by atoms with Gasteiger partial charge in [0.15, 0.2) is 0 Å². The third kappa shape index (κ3) is 1.98. The summed E-state index contributed by atoms with van der Waals surface area (Å²) in [6.45, 7) is 0.350. The van der Waals surface area contributed by atoms with Gasteiger partial charge in [-0.1, -0.05) is 11.6 Å². The Morgan fingerprint density at radius 3 is 2.81 bits per heavy atom. The fraction of sp³-hybridized carbons (Fsp3) is 0.100. The molecule has 0 amide bonds. The average Bonchev–Trinajstić information content (AvgIpc) is 2.64. The first-order valence-electron chi connectivity index (χ1n) is 4.51. The molecule has 3 N–H and O–H groups in total. The molecule has 0 aliphatic carbocycles. The van der Waals surface area contributed by atoms with Crippen molar-refractivity contribution >= 4 is 27.5 Å². The topological polar surface area (TPSA) is 54.7 Å². The SMILES string of the molecule is NCc1[nH]nc(-c2ccc(F)c(Cl)c2)c1Br. The summed E-state index contributed by atoms with van der Waals surface area (Å²) in [7, 11) is 0. The van der Waals surface area contributed by atoms with E-state index in [-0.39, 0.29) is 5.02 Å². The fourth-order valence-electron chi connectivity index (χ4n) is 1.33. The average molecular weight is 305 g/mol. The van der Waals surface area contributed by atoms with E-state index in [0.717, 1.165) is 15.7 Å². The zero-order valence-corrected chi connectivity index (χ0v) is 10.4. The molecule has 0 saturated heterocycles. The molecule has 2 aromatic rings. The Hall–Kier alpha value is -0.910. The highest BCUT2D eigenvalue weighted by Crippen LogP contribution is 2.30. The van der Waals surface area contributed by atoms with Crippen molar-refractivity contribution in [1.29, 1.82) is 0 Å². The second-order valence-corrected chi connectivity index (χ2v) is 4.40. The Morgan fingerprint density at radius 1 is 1.50 bits per heavy atom. The molecule has 0 atom stereocenters. The van der Waals surface area contributed by atoms with Crippen LogP contribution in [0.3, 0.4) is 0 Å². The third-order valence-electron chi connectivity index (χ3n) is 2.17. The molecule has 0 fully saturated rings. The van der Waals surface area contributed by atoms with E-state index < -0.39 is 5.82 Å². The van der Waals surface area contributed by atoms with Crippen LogP contribution in [-0.4, -0.2) is 10.2 Å². The molecule has 0 aliphatic rings. The van der Waals surface area contributed by atoms with Crippen LogP contribution >= 0.6 is 27.5 Å². The molecule has 0 saturated carbocycles. The highest BCUT2D eigenvalue weighted by molar-refractivity contribution is 9.10. The van der Waals surface area contributed by atoms with Gasteiger partial charge in [0.2, 0.25) is 0 Å². The summed E-state index contributed by atoms with van der Waals surface area (Å²) < 4.78 is 13.8. The van der Waals surface area contributed by atoms with Crippen LogP contribution < -0.4 is 5.73 Å². The van der Waals surface area contributed by atoms with Crippen LogP contribution in [0.4, 0.5) is 4.39 Å². The van der Waals surface area contributed by atoms with Gasteiger partial charge in [-0.25, -0.2) is 4.39 Å². The van der Waals surface area contributed by atoms with Gasteiger partial charge in [0.1, 0.15) is 11.5 Å². The molecule has 0 bridgehead atoms. The Labute approximate surface area is 105 Å². The quantitative estimate of drug-likeness (QED) is 0.896. The van der Waals surface area contributed by atoms with E-state index in [1.54, 1.807) is 6.07 Å². The molecule has 16 heavy (non-hydrogen) atoms. The van der Waals surface area contributed by atoms with Crippen LogP contribution in [-0.2, 0) is 6.54 Å². The molecule has 0 radical (unpaired) electrons. The number of halogens is 3. The molecule has 1 heterocycles. The predicted molar refractivity (Wildman–Crippen MR) is 64.6 cm³/mol. The minimum Gasteiger partial charge on any atom is -0.325 e. The maximum Gasteiger partial charge on any atom is 0.141 e. The standard InChI is InChI=1S/C10H8BrClFN3/c11-9-8(4-14)15-16-10(9)5-1-2-7(13)6(12)3-5/h1-3H,4,14H2,(H,15,16). The van der Waals surface area contributed by atoms with E-state index in [1.807, 2.05) is 0 Å². The van der Waals surface area contributed by atoms with Gasteiger partial charge in [0.05, 0.1) is 15.2 Å². The van der Waals surface area contributed by atoms with Crippen LogP contribution in [0.15, 0.2) is 22.7 Å². The van der Waals surface area contributed by atoms with E-state index in [9.17, 15) is 4.39 Å². The molecular weight excluding hydrogens is 296 g/mol. The smallest absolute Gasteiger partial charge is 0.141 e. The van der Waals surface area contributed by atoms with Crippen LogP contribution in [0, 0.1) is 5.82 Å². The van der Waals surface area contributed by atoms with Crippen molar-refractivity contribution in [3.8, 4) is 11.3 Å². The largest absolute Gasteiger partial charge is 0.325 e. The summed E-state index contributed by atoms with van der Waals surface area (Å²) in [6.07, 6.45) is 0. The first-order chi connectivity index (χ1) is 7.63. The summed E-state index contributed by atoms with van der Waals surface area (Å²) in [4.78, 5) is 0. The van der Waals surface area contributed by atoms with Crippen LogP contribution in [0.25, 0.3) is 11.3 Å². The van der Waals surface area contributed by atoms with Gasteiger partial charge in [-0.3, -0.25) is 5.10 Å². The van der Waals surface area contributed by atoms with Crippen molar-refractivity contribution in [2.24, 2.45) is 5.73 Å². The molecule has 2 rings (SSSR count). The second-order valence-electron chi connectivity index (χ2n) is 3.20. The first kappa shape index (κ1) is 11.6. The lowest BCUT2D eigenvalue weighted by molar-refractivity contribution is 0.628. The molecular formula is C10H8BrClFN3. The lowest BCUT2D eigenvalue weighted by atomic mass is 10.1. The van der Waals surface area contributed by atoms with Crippen molar-refractivity contribution in [3.63, 3.8) is 0 Å². The molecule has 0 spiro atoms. The Morgan fingerprint density at radius 2 is 2.25 bits per heavy atom. The van der Waals surface area contributed by atoms with E-state index in [1.165, 1.54) is 12.1 Å². The summed E-state index contributed by atoms with van der Waals surface area (Å²) >= 11 is 9.08. The Balaban J connectivity index is 2.50. The van der Waals surface area contributed by atoms with E-state index in [2.05, 4.69) is 26.1 Å². The molecule has 1 aromatic heterocycles. The fourth-order valence-corrected chi connectivity index (χ4v) is 2.08. The van der Waals surface area contributed by atoms with Gasteiger partial charge in [-0.15, -0.1) is 0 Å². The van der Waals surface area contributed by atoms with Crippen LogP contribution in [0.5, 0.6) is 0 Å². The minimum absolute atomic E-state index is 0.0710. The third-order valence-corrected chi connectivity index (χ3v) is 3.32. The van der Waals surface area contributed by atoms with Crippen molar-refractivity contribution in [3.05, 3.63) is 39.2 Å². The van der Waals surface area contributed by atoms with Gasteiger partial charge in [-0.2, -0.15) is 5.10 Å². The Kier molecular flexibility index (Phi) is 3.28. The van der Waals surface area contributed by atoms with Gasteiger partial charge < -0.3 is 5.73 Å². The number of nitrogens with zero attached hydrogens (tertiary/aromatic N) is 1. The number of benzene rings is 1. The van der Waals surface area contributed by atoms with E-state index in [0.29, 0.717) is 12.2 Å². The molecule has 0 aliphatic heterocycles. The van der Waals surface area contributed by atoms with E-state index in [4.69, 9.17) is 17.3 Å². The summed E-state index contributed by atoms with van der Waals surface area (Å²) in [5, 5.41) is 6.96. The maximum atomic E-state index is 13.0. The van der Waals surface area contributed by atoms with Crippen molar-refractivity contribution in [1.82, 2.24) is 10.2 Å². The second kappa shape index (κ2) is 4.53. The zero-order valence-electron chi connectivity index (χ0n) is 8.10. The van der Waals surface area contributed by atoms with Gasteiger partial charge >= 0.3 is 0 Å². The van der Waals surface area contributed by atoms with E-state index >= 15 is 0 Å². The van der Waals surface area contributed by atoms with Gasteiger partial charge in [-0.05, 0) is 34.1 Å². The lowest BCUT2D eigenvalue weighted by Gasteiger charge is -2.00. The number of nitrogens with one attached hydrogen (secondary N) is 1. The number of aromatic nitrogens is 2. The van der Waals surface area contributed by atoms with Gasteiger partial charge in [0.25, 0.3) is 0 Å². The lowest BCUT2D eigenvalue weighted by Crippen LogP contribution is -1.96. The Bertz CT molecular complexity index is 527. The normalized spacial score (nSPS) is 10.8.